The van der Waals surface area contributed by atoms with E-state index in [0.29, 0.717) is 41.7 Å². The van der Waals surface area contributed by atoms with Crippen molar-refractivity contribution >= 4 is 23.5 Å². The summed E-state index contributed by atoms with van der Waals surface area (Å²) in [5.41, 5.74) is 2.24. The molecule has 15 heteroatoms. The topological polar surface area (TPSA) is 149 Å². The molecule has 3 aromatic heterocycles. The number of hydrogen-bond donors (Lipinski definition) is 3. The number of methoxy groups -OCH3 is 2. The summed E-state index contributed by atoms with van der Waals surface area (Å²) in [6.45, 7) is 1.22. The van der Waals surface area contributed by atoms with Crippen LogP contribution < -0.4 is 24.8 Å². The van der Waals surface area contributed by atoms with E-state index < -0.39 is 18.3 Å². The number of pyridine rings is 1. The second kappa shape index (κ2) is 12.8. The molecule has 1 aliphatic carbocycles. The van der Waals surface area contributed by atoms with Crippen molar-refractivity contribution in [3.8, 4) is 28.4 Å². The Bertz CT molecular complexity index is 1680. The number of nitrogens with zero attached hydrogens (tertiary/aromatic N) is 6. The van der Waals surface area contributed by atoms with Crippen LogP contribution in [0.25, 0.3) is 11.1 Å². The maximum Gasteiger partial charge on any atom is 0.407 e. The van der Waals surface area contributed by atoms with E-state index in [1.165, 1.54) is 18.1 Å². The molecule has 0 unspecified atom stereocenters. The maximum atomic E-state index is 13.8. The first kappa shape index (κ1) is 29.8. The van der Waals surface area contributed by atoms with Gasteiger partial charge in [0.1, 0.15) is 34.7 Å². The highest BCUT2D eigenvalue weighted by Crippen LogP contribution is 2.37. The van der Waals surface area contributed by atoms with Gasteiger partial charge in [-0.05, 0) is 31.4 Å². The van der Waals surface area contributed by atoms with E-state index in [2.05, 4.69) is 30.7 Å². The van der Waals surface area contributed by atoms with Crippen LogP contribution in [-0.4, -0.2) is 73.7 Å². The number of carboxylic acid groups (broad SMARTS) is 1. The van der Waals surface area contributed by atoms with Crippen LogP contribution in [0.5, 0.6) is 17.2 Å². The number of likely N-dealkylation sites (tertiary alicyclic amines) is 1. The Hall–Kier alpha value is -5.21. The Morgan fingerprint density at radius 3 is 2.56 bits per heavy atom. The minimum Gasteiger partial charge on any atom is -0.497 e. The van der Waals surface area contributed by atoms with Gasteiger partial charge >= 0.3 is 6.09 Å². The van der Waals surface area contributed by atoms with Crippen LogP contribution in [0.4, 0.5) is 31.0 Å². The second-order valence-electron chi connectivity index (χ2n) is 10.7. The van der Waals surface area contributed by atoms with Gasteiger partial charge in [-0.25, -0.2) is 28.5 Å². The first-order chi connectivity index (χ1) is 21.8. The van der Waals surface area contributed by atoms with Crippen LogP contribution in [0.1, 0.15) is 37.1 Å². The summed E-state index contributed by atoms with van der Waals surface area (Å²) in [6.07, 6.45) is 4.01. The molecule has 0 spiro atoms. The normalized spacial score (nSPS) is 15.8. The third kappa shape index (κ3) is 6.97. The largest absolute Gasteiger partial charge is 0.497 e. The Morgan fingerprint density at radius 1 is 1.04 bits per heavy atom. The molecular weight excluding hydrogens is 590 g/mol. The third-order valence-electron chi connectivity index (χ3n) is 7.56. The lowest BCUT2D eigenvalue weighted by molar-refractivity contribution is 0.0658. The van der Waals surface area contributed by atoms with Gasteiger partial charge in [-0.15, -0.1) is 0 Å². The Kier molecular flexibility index (Phi) is 8.49. The highest BCUT2D eigenvalue weighted by atomic mass is 19.3. The van der Waals surface area contributed by atoms with Gasteiger partial charge in [-0.3, -0.25) is 4.68 Å². The Labute approximate surface area is 257 Å². The maximum absolute atomic E-state index is 13.8. The molecule has 0 radical (unpaired) electrons. The summed E-state index contributed by atoms with van der Waals surface area (Å²) in [6, 6.07) is 8.42. The van der Waals surface area contributed by atoms with Crippen LogP contribution in [-0.2, 0) is 13.1 Å². The molecule has 1 aliphatic heterocycles. The van der Waals surface area contributed by atoms with Gasteiger partial charge in [0, 0.05) is 60.4 Å². The number of nitrogens with one attached hydrogen (secondary N) is 2. The lowest BCUT2D eigenvalue weighted by atomic mass is 10.0. The number of aromatic nitrogens is 5. The van der Waals surface area contributed by atoms with Crippen molar-refractivity contribution in [3.63, 3.8) is 0 Å². The van der Waals surface area contributed by atoms with Gasteiger partial charge in [-0.1, -0.05) is 0 Å². The van der Waals surface area contributed by atoms with Crippen LogP contribution >= 0.6 is 0 Å². The van der Waals surface area contributed by atoms with Gasteiger partial charge in [0.05, 0.1) is 39.1 Å². The smallest absolute Gasteiger partial charge is 0.407 e. The van der Waals surface area contributed by atoms with Crippen molar-refractivity contribution in [2.75, 3.05) is 31.4 Å². The molecule has 3 N–H and O–H groups in total. The van der Waals surface area contributed by atoms with Gasteiger partial charge in [0.25, 0.3) is 6.43 Å². The van der Waals surface area contributed by atoms with E-state index in [1.54, 1.807) is 42.4 Å². The van der Waals surface area contributed by atoms with Crippen LogP contribution in [0, 0.1) is 0 Å². The summed E-state index contributed by atoms with van der Waals surface area (Å²) in [5, 5.41) is 19.8. The first-order valence-electron chi connectivity index (χ1n) is 14.4. The van der Waals surface area contributed by atoms with Crippen molar-refractivity contribution in [3.05, 3.63) is 60.3 Å². The molecule has 1 saturated carbocycles. The van der Waals surface area contributed by atoms with Crippen LogP contribution in [0.15, 0.2) is 48.9 Å². The predicted octanol–water partition coefficient (Wildman–Crippen LogP) is 5.34. The van der Waals surface area contributed by atoms with Gasteiger partial charge in [-0.2, -0.15) is 5.10 Å². The van der Waals surface area contributed by atoms with Gasteiger partial charge in [0.2, 0.25) is 0 Å². The summed E-state index contributed by atoms with van der Waals surface area (Å²) in [4.78, 5) is 25.2. The van der Waals surface area contributed by atoms with Crippen LogP contribution in [0.2, 0.25) is 0 Å². The molecule has 1 amide bonds. The third-order valence-corrected chi connectivity index (χ3v) is 7.56. The molecule has 2 aliphatic rings. The van der Waals surface area contributed by atoms with E-state index in [4.69, 9.17) is 14.2 Å². The second-order valence-corrected chi connectivity index (χ2v) is 10.7. The number of halogens is 2. The molecule has 236 valence electrons. The standard InChI is InChI=1S/C30H32F2N8O5/c1-43-21-4-3-17(23(9-21)44-2)12-33-26-11-27(38-29(37-26)28(31)32)36-25-10-24(45-20-5-6-20)22(14-34-25)18-13-35-39(15-18)16-19-7-8-40(19)30(41)42/h3-4,9-11,13-15,19-20,28H,5-8,12,16H2,1-2H3,(H,41,42)(H2,33,34,36,37,38)/t19-/m1/s1. The number of hydrogen-bond acceptors (Lipinski definition) is 10. The predicted molar refractivity (Wildman–Crippen MR) is 159 cm³/mol. The molecular formula is C30H32F2N8O5. The van der Waals surface area contributed by atoms with E-state index in [0.717, 1.165) is 30.4 Å². The zero-order chi connectivity index (χ0) is 31.5. The monoisotopic (exact) mass is 622 g/mol. The summed E-state index contributed by atoms with van der Waals surface area (Å²) < 4.78 is 46.1. The SMILES string of the molecule is COc1ccc(CNc2cc(Nc3cc(OC4CC4)c(-c4cnn(C[C@H]5CCN5C(=O)O)c4)cn3)nc(C(F)F)n2)c(OC)c1. The molecule has 1 aromatic carbocycles. The molecule has 13 nitrogen and oxygen atoms in total. The Morgan fingerprint density at radius 2 is 1.87 bits per heavy atom. The quantitative estimate of drug-likeness (QED) is 0.177. The minimum atomic E-state index is -2.90. The van der Waals surface area contributed by atoms with E-state index in [-0.39, 0.29) is 30.3 Å². The van der Waals surface area contributed by atoms with Crippen molar-refractivity contribution in [2.24, 2.45) is 0 Å². The lowest BCUT2D eigenvalue weighted by Gasteiger charge is -2.38. The first-order valence-corrected chi connectivity index (χ1v) is 14.4. The van der Waals surface area contributed by atoms with Crippen molar-refractivity contribution in [1.29, 1.82) is 0 Å². The number of carbonyl (C=O) groups is 1. The molecule has 1 atom stereocenters. The van der Waals surface area contributed by atoms with E-state index in [1.807, 2.05) is 12.3 Å². The molecule has 45 heavy (non-hydrogen) atoms. The average molecular weight is 623 g/mol. The number of benzene rings is 1. The summed E-state index contributed by atoms with van der Waals surface area (Å²) in [7, 11) is 3.09. The van der Waals surface area contributed by atoms with E-state index in [9.17, 15) is 18.7 Å². The van der Waals surface area contributed by atoms with Crippen molar-refractivity contribution in [2.45, 2.75) is 50.9 Å². The molecule has 1 saturated heterocycles. The minimum absolute atomic E-state index is 0.0726. The molecule has 4 aromatic rings. The molecule has 0 bridgehead atoms. The van der Waals surface area contributed by atoms with Gasteiger partial charge in [0.15, 0.2) is 5.82 Å². The number of amides is 1. The van der Waals surface area contributed by atoms with Crippen LogP contribution in [0.3, 0.4) is 0 Å². The summed E-state index contributed by atoms with van der Waals surface area (Å²) in [5.74, 6) is 1.77. The number of alkyl halides is 2. The number of ether oxygens (including phenoxy) is 3. The molecule has 6 rings (SSSR count). The average Bonchev–Trinajstić information content (AvgIpc) is 3.71. The van der Waals surface area contributed by atoms with Gasteiger partial charge < -0.3 is 34.9 Å². The fourth-order valence-corrected chi connectivity index (χ4v) is 4.92. The molecule has 4 heterocycles. The molecule has 2 fully saturated rings. The lowest BCUT2D eigenvalue weighted by Crippen LogP contribution is -2.52. The zero-order valence-corrected chi connectivity index (χ0v) is 24.6. The number of anilines is 3. The van der Waals surface area contributed by atoms with Crippen molar-refractivity contribution in [1.82, 2.24) is 29.6 Å². The highest BCUT2D eigenvalue weighted by molar-refractivity contribution is 5.72. The Balaban J connectivity index is 1.21. The van der Waals surface area contributed by atoms with Crippen molar-refractivity contribution < 1.29 is 32.9 Å². The fraction of sp³-hybridized carbons (Fsp3) is 0.367. The highest BCUT2D eigenvalue weighted by Gasteiger charge is 2.32. The number of rotatable bonds is 13. The van der Waals surface area contributed by atoms with E-state index >= 15 is 0 Å². The fourth-order valence-electron chi connectivity index (χ4n) is 4.92. The zero-order valence-electron chi connectivity index (χ0n) is 24.6. The summed E-state index contributed by atoms with van der Waals surface area (Å²) >= 11 is 0.